The largest absolute Gasteiger partial charge is 0.373 e. The van der Waals surface area contributed by atoms with Crippen LogP contribution in [0.25, 0.3) is 0 Å². The predicted molar refractivity (Wildman–Crippen MR) is 89.8 cm³/mol. The topological polar surface area (TPSA) is 49.4 Å². The van der Waals surface area contributed by atoms with Crippen molar-refractivity contribution in [3.63, 3.8) is 0 Å². The Kier molecular flexibility index (Phi) is 3.98. The summed E-state index contributed by atoms with van der Waals surface area (Å²) in [4.78, 5) is 26.0. The first-order valence-corrected chi connectivity index (χ1v) is 7.79. The molecule has 1 fully saturated rings. The maximum atomic E-state index is 12.5. The number of hydrogen-bond donors (Lipinski definition) is 1. The van der Waals surface area contributed by atoms with Gasteiger partial charge in [-0.2, -0.15) is 0 Å². The zero-order valence-corrected chi connectivity index (χ0v) is 13.6. The first-order chi connectivity index (χ1) is 10.5. The zero-order valence-electron chi connectivity index (χ0n) is 12.0. The first kappa shape index (κ1) is 14.8. The first-order valence-electron chi connectivity index (χ1n) is 7.00. The fourth-order valence-corrected chi connectivity index (χ4v) is 2.81. The summed E-state index contributed by atoms with van der Waals surface area (Å²) in [5.74, 6) is -0.397. The van der Waals surface area contributed by atoms with Crippen LogP contribution in [0, 0.1) is 6.92 Å². The molecule has 5 heteroatoms. The van der Waals surface area contributed by atoms with Crippen molar-refractivity contribution in [3.05, 3.63) is 58.6 Å². The molecule has 0 saturated carbocycles. The lowest BCUT2D eigenvalue weighted by Crippen LogP contribution is -2.34. The van der Waals surface area contributed by atoms with Crippen molar-refractivity contribution in [2.24, 2.45) is 0 Å². The number of rotatable bonds is 3. The number of hydrogen-bond acceptors (Lipinski definition) is 3. The molecular weight excluding hydrogens is 344 g/mol. The molecule has 2 amide bonds. The van der Waals surface area contributed by atoms with Gasteiger partial charge in [0, 0.05) is 10.2 Å². The molecule has 1 saturated heterocycles. The maximum absolute atomic E-state index is 12.5. The van der Waals surface area contributed by atoms with Gasteiger partial charge in [0.15, 0.2) is 0 Å². The number of benzene rings is 2. The zero-order chi connectivity index (χ0) is 15.7. The Bertz CT molecular complexity index is 728. The number of nitrogens with one attached hydrogen (secondary N) is 1. The van der Waals surface area contributed by atoms with Crippen molar-refractivity contribution in [2.75, 3.05) is 10.2 Å². The highest BCUT2D eigenvalue weighted by Gasteiger charge is 2.39. The Morgan fingerprint density at radius 2 is 1.86 bits per heavy atom. The maximum Gasteiger partial charge on any atom is 0.256 e. The quantitative estimate of drug-likeness (QED) is 0.854. The van der Waals surface area contributed by atoms with E-state index in [4.69, 9.17) is 0 Å². The highest BCUT2D eigenvalue weighted by molar-refractivity contribution is 9.10. The van der Waals surface area contributed by atoms with E-state index >= 15 is 0 Å². The van der Waals surface area contributed by atoms with Crippen LogP contribution in [0.5, 0.6) is 0 Å². The molecule has 112 valence electrons. The van der Waals surface area contributed by atoms with Gasteiger partial charge in [-0.1, -0.05) is 28.1 Å². The average Bonchev–Trinajstić information content (AvgIpc) is 2.75. The van der Waals surface area contributed by atoms with E-state index < -0.39 is 6.04 Å². The minimum absolute atomic E-state index is 0.169. The molecule has 0 radical (unpaired) electrons. The molecule has 2 aromatic rings. The van der Waals surface area contributed by atoms with E-state index in [-0.39, 0.29) is 18.2 Å². The Morgan fingerprint density at radius 3 is 2.55 bits per heavy atom. The molecule has 0 unspecified atom stereocenters. The van der Waals surface area contributed by atoms with Crippen LogP contribution < -0.4 is 10.2 Å². The van der Waals surface area contributed by atoms with Gasteiger partial charge in [0.1, 0.15) is 6.04 Å². The molecule has 22 heavy (non-hydrogen) atoms. The third-order valence-corrected chi connectivity index (χ3v) is 4.12. The van der Waals surface area contributed by atoms with Gasteiger partial charge in [-0.3, -0.25) is 9.59 Å². The van der Waals surface area contributed by atoms with Crippen LogP contribution in [0.3, 0.4) is 0 Å². The molecule has 0 aromatic heterocycles. The molecule has 2 aromatic carbocycles. The third-order valence-electron chi connectivity index (χ3n) is 3.59. The van der Waals surface area contributed by atoms with Crippen molar-refractivity contribution in [1.82, 2.24) is 0 Å². The molecule has 1 aliphatic heterocycles. The van der Waals surface area contributed by atoms with Crippen molar-refractivity contribution in [1.29, 1.82) is 0 Å². The van der Waals surface area contributed by atoms with E-state index in [1.54, 1.807) is 12.1 Å². The van der Waals surface area contributed by atoms with Crippen LogP contribution in [0.4, 0.5) is 11.4 Å². The number of carbonyl (C=O) groups is 2. The third kappa shape index (κ3) is 2.90. The van der Waals surface area contributed by atoms with Gasteiger partial charge in [-0.05, 0) is 48.9 Å². The van der Waals surface area contributed by atoms with Gasteiger partial charge in [0.2, 0.25) is 5.91 Å². The molecule has 1 N–H and O–H groups in total. The molecule has 0 spiro atoms. The minimum atomic E-state index is -0.516. The van der Waals surface area contributed by atoms with E-state index in [1.807, 2.05) is 43.3 Å². The molecule has 1 atom stereocenters. The summed E-state index contributed by atoms with van der Waals surface area (Å²) in [7, 11) is 0. The van der Waals surface area contributed by atoms with Crippen molar-refractivity contribution >= 4 is 39.1 Å². The minimum Gasteiger partial charge on any atom is -0.373 e. The molecule has 0 bridgehead atoms. The highest BCUT2D eigenvalue weighted by atomic mass is 79.9. The van der Waals surface area contributed by atoms with Crippen LogP contribution in [0.1, 0.15) is 12.0 Å². The number of amides is 2. The van der Waals surface area contributed by atoms with Gasteiger partial charge in [0.25, 0.3) is 5.91 Å². The SMILES string of the molecule is Cc1cccc(N[C@H]2CC(=O)N(c3ccc(Br)cc3)C2=O)c1. The lowest BCUT2D eigenvalue weighted by atomic mass is 10.2. The molecule has 4 nitrogen and oxygen atoms in total. The van der Waals surface area contributed by atoms with Gasteiger partial charge >= 0.3 is 0 Å². The highest BCUT2D eigenvalue weighted by Crippen LogP contribution is 2.26. The van der Waals surface area contributed by atoms with Crippen LogP contribution in [-0.4, -0.2) is 17.9 Å². The van der Waals surface area contributed by atoms with Gasteiger partial charge < -0.3 is 5.32 Å². The fraction of sp³-hybridized carbons (Fsp3) is 0.176. The van der Waals surface area contributed by atoms with Crippen molar-refractivity contribution in [3.8, 4) is 0 Å². The summed E-state index contributed by atoms with van der Waals surface area (Å²) in [6.07, 6.45) is 0.169. The standard InChI is InChI=1S/C17H15BrN2O2/c1-11-3-2-4-13(9-11)19-15-10-16(21)20(17(15)22)14-7-5-12(18)6-8-14/h2-9,15,19H,10H2,1H3/t15-/m0/s1. The lowest BCUT2D eigenvalue weighted by Gasteiger charge is -2.16. The molecule has 0 aliphatic carbocycles. The summed E-state index contributed by atoms with van der Waals surface area (Å²) in [6.45, 7) is 1.99. The number of anilines is 2. The summed E-state index contributed by atoms with van der Waals surface area (Å²) < 4.78 is 0.907. The predicted octanol–water partition coefficient (Wildman–Crippen LogP) is 3.50. The van der Waals surface area contributed by atoms with Gasteiger partial charge in [0.05, 0.1) is 12.1 Å². The monoisotopic (exact) mass is 358 g/mol. The van der Waals surface area contributed by atoms with Crippen molar-refractivity contribution < 1.29 is 9.59 Å². The number of halogens is 1. The summed E-state index contributed by atoms with van der Waals surface area (Å²) in [6, 6.07) is 14.4. The Labute approximate surface area is 137 Å². The van der Waals surface area contributed by atoms with Crippen LogP contribution >= 0.6 is 15.9 Å². The second kappa shape index (κ2) is 5.93. The van der Waals surface area contributed by atoms with E-state index in [1.165, 1.54) is 4.90 Å². The van der Waals surface area contributed by atoms with Crippen LogP contribution in [0.15, 0.2) is 53.0 Å². The Balaban J connectivity index is 1.81. The van der Waals surface area contributed by atoms with Gasteiger partial charge in [-0.15, -0.1) is 0 Å². The number of nitrogens with zero attached hydrogens (tertiary/aromatic N) is 1. The number of imide groups is 1. The Morgan fingerprint density at radius 1 is 1.14 bits per heavy atom. The molecule has 1 aliphatic rings. The molecule has 3 rings (SSSR count). The fourth-order valence-electron chi connectivity index (χ4n) is 2.54. The van der Waals surface area contributed by atoms with Crippen molar-refractivity contribution in [2.45, 2.75) is 19.4 Å². The summed E-state index contributed by atoms with van der Waals surface area (Å²) in [5, 5.41) is 3.15. The smallest absolute Gasteiger partial charge is 0.256 e. The van der Waals surface area contributed by atoms with Crippen LogP contribution in [-0.2, 0) is 9.59 Å². The van der Waals surface area contributed by atoms with E-state index in [2.05, 4.69) is 21.2 Å². The summed E-state index contributed by atoms with van der Waals surface area (Å²) in [5.41, 5.74) is 2.56. The van der Waals surface area contributed by atoms with Gasteiger partial charge in [-0.25, -0.2) is 4.90 Å². The average molecular weight is 359 g/mol. The molecular formula is C17H15BrN2O2. The van der Waals surface area contributed by atoms with Crippen LogP contribution in [0.2, 0.25) is 0 Å². The van der Waals surface area contributed by atoms with E-state index in [9.17, 15) is 9.59 Å². The van der Waals surface area contributed by atoms with E-state index in [0.29, 0.717) is 5.69 Å². The number of aryl methyl sites for hydroxylation is 1. The second-order valence-corrected chi connectivity index (χ2v) is 6.23. The van der Waals surface area contributed by atoms with E-state index in [0.717, 1.165) is 15.7 Å². The Hall–Kier alpha value is -2.14. The number of carbonyl (C=O) groups excluding carboxylic acids is 2. The molecule has 1 heterocycles. The summed E-state index contributed by atoms with van der Waals surface area (Å²) >= 11 is 3.35. The normalized spacial score (nSPS) is 17.9. The second-order valence-electron chi connectivity index (χ2n) is 5.31. The lowest BCUT2D eigenvalue weighted by molar-refractivity contribution is -0.121.